The SMILES string of the molecule is CNC(=O)OCCC(Oc1cccc(Br)c1)c1cccs1. The van der Waals surface area contributed by atoms with Gasteiger partial charge in [-0.15, -0.1) is 11.3 Å². The Morgan fingerprint density at radius 1 is 1.38 bits per heavy atom. The average molecular weight is 370 g/mol. The number of benzene rings is 1. The Labute approximate surface area is 136 Å². The van der Waals surface area contributed by atoms with E-state index in [-0.39, 0.29) is 6.10 Å². The van der Waals surface area contributed by atoms with Gasteiger partial charge in [0.05, 0.1) is 6.61 Å². The van der Waals surface area contributed by atoms with Crippen LogP contribution in [-0.4, -0.2) is 19.7 Å². The number of rotatable bonds is 6. The van der Waals surface area contributed by atoms with Gasteiger partial charge in [0.15, 0.2) is 0 Å². The lowest BCUT2D eigenvalue weighted by molar-refractivity contribution is 0.118. The first-order valence-electron chi connectivity index (χ1n) is 6.49. The van der Waals surface area contributed by atoms with Crippen molar-refractivity contribution in [1.82, 2.24) is 5.32 Å². The first-order valence-corrected chi connectivity index (χ1v) is 8.16. The van der Waals surface area contributed by atoms with Gasteiger partial charge in [0.25, 0.3) is 0 Å². The van der Waals surface area contributed by atoms with Gasteiger partial charge in [0.2, 0.25) is 0 Å². The Morgan fingerprint density at radius 3 is 2.90 bits per heavy atom. The van der Waals surface area contributed by atoms with Crippen LogP contribution in [0.3, 0.4) is 0 Å². The van der Waals surface area contributed by atoms with Crippen LogP contribution in [0, 0.1) is 0 Å². The van der Waals surface area contributed by atoms with Crippen LogP contribution in [0.1, 0.15) is 17.4 Å². The molecule has 1 unspecified atom stereocenters. The van der Waals surface area contributed by atoms with Gasteiger partial charge in [0, 0.05) is 22.8 Å². The van der Waals surface area contributed by atoms with E-state index < -0.39 is 6.09 Å². The van der Waals surface area contributed by atoms with Crippen molar-refractivity contribution in [3.8, 4) is 5.75 Å². The number of nitrogens with one attached hydrogen (secondary N) is 1. The highest BCUT2D eigenvalue weighted by Crippen LogP contribution is 2.29. The maximum absolute atomic E-state index is 11.1. The molecule has 1 aromatic heterocycles. The molecule has 0 radical (unpaired) electrons. The standard InChI is InChI=1S/C15H16BrNO3S/c1-17-15(18)19-8-7-13(14-6-3-9-21-14)20-12-5-2-4-11(16)10-12/h2-6,9-10,13H,7-8H2,1H3,(H,17,18). The highest BCUT2D eigenvalue weighted by Gasteiger charge is 2.15. The van der Waals surface area contributed by atoms with Crippen molar-refractivity contribution in [3.63, 3.8) is 0 Å². The lowest BCUT2D eigenvalue weighted by atomic mass is 10.2. The van der Waals surface area contributed by atoms with Crippen LogP contribution in [-0.2, 0) is 4.74 Å². The summed E-state index contributed by atoms with van der Waals surface area (Å²) in [5, 5.41) is 4.43. The fourth-order valence-corrected chi connectivity index (χ4v) is 2.94. The minimum Gasteiger partial charge on any atom is -0.485 e. The van der Waals surface area contributed by atoms with E-state index in [1.807, 2.05) is 41.8 Å². The summed E-state index contributed by atoms with van der Waals surface area (Å²) >= 11 is 5.05. The zero-order valence-corrected chi connectivity index (χ0v) is 13.9. The van der Waals surface area contributed by atoms with Crippen molar-refractivity contribution < 1.29 is 14.3 Å². The Bertz CT molecular complexity index is 574. The molecule has 21 heavy (non-hydrogen) atoms. The van der Waals surface area contributed by atoms with Crippen molar-refractivity contribution in [2.45, 2.75) is 12.5 Å². The van der Waals surface area contributed by atoms with Gasteiger partial charge in [-0.3, -0.25) is 0 Å². The van der Waals surface area contributed by atoms with Crippen molar-refractivity contribution in [1.29, 1.82) is 0 Å². The number of hydrogen-bond acceptors (Lipinski definition) is 4. The van der Waals surface area contributed by atoms with Gasteiger partial charge in [-0.05, 0) is 29.6 Å². The summed E-state index contributed by atoms with van der Waals surface area (Å²) in [7, 11) is 1.54. The molecule has 4 nitrogen and oxygen atoms in total. The summed E-state index contributed by atoms with van der Waals surface area (Å²) < 4.78 is 12.0. The van der Waals surface area contributed by atoms with E-state index in [0.717, 1.165) is 15.1 Å². The molecular weight excluding hydrogens is 354 g/mol. The molecule has 1 aromatic carbocycles. The van der Waals surface area contributed by atoms with Crippen LogP contribution in [0.4, 0.5) is 4.79 Å². The van der Waals surface area contributed by atoms with Crippen LogP contribution in [0.2, 0.25) is 0 Å². The third-order valence-electron chi connectivity index (χ3n) is 2.75. The number of halogens is 1. The van der Waals surface area contributed by atoms with Gasteiger partial charge in [-0.1, -0.05) is 28.1 Å². The zero-order chi connectivity index (χ0) is 15.1. The van der Waals surface area contributed by atoms with E-state index in [2.05, 4.69) is 21.2 Å². The van der Waals surface area contributed by atoms with Gasteiger partial charge in [-0.2, -0.15) is 0 Å². The van der Waals surface area contributed by atoms with Crippen molar-refractivity contribution in [3.05, 3.63) is 51.1 Å². The first kappa shape index (κ1) is 15.9. The van der Waals surface area contributed by atoms with Crippen LogP contribution in [0.5, 0.6) is 5.75 Å². The molecule has 2 rings (SSSR count). The van der Waals surface area contributed by atoms with Crippen molar-refractivity contribution >= 4 is 33.4 Å². The van der Waals surface area contributed by atoms with Crippen LogP contribution < -0.4 is 10.1 Å². The normalized spacial score (nSPS) is 11.7. The molecule has 0 saturated heterocycles. The Hall–Kier alpha value is -1.53. The van der Waals surface area contributed by atoms with Gasteiger partial charge in [0.1, 0.15) is 11.9 Å². The average Bonchev–Trinajstić information content (AvgIpc) is 3.00. The van der Waals surface area contributed by atoms with Crippen LogP contribution in [0.25, 0.3) is 0 Å². The quantitative estimate of drug-likeness (QED) is 0.821. The highest BCUT2D eigenvalue weighted by atomic mass is 79.9. The largest absolute Gasteiger partial charge is 0.485 e. The second-order valence-corrected chi connectivity index (χ2v) is 6.15. The van der Waals surface area contributed by atoms with E-state index in [0.29, 0.717) is 13.0 Å². The zero-order valence-electron chi connectivity index (χ0n) is 11.5. The molecule has 0 aliphatic rings. The molecule has 112 valence electrons. The first-order chi connectivity index (χ1) is 10.2. The number of hydrogen-bond donors (Lipinski definition) is 1. The van der Waals surface area contributed by atoms with Gasteiger partial charge < -0.3 is 14.8 Å². The molecule has 1 N–H and O–H groups in total. The second kappa shape index (κ2) is 8.05. The van der Waals surface area contributed by atoms with Crippen molar-refractivity contribution in [2.24, 2.45) is 0 Å². The molecule has 1 amide bonds. The summed E-state index contributed by atoms with van der Waals surface area (Å²) in [6.45, 7) is 0.302. The maximum atomic E-state index is 11.1. The topological polar surface area (TPSA) is 47.6 Å². The molecule has 0 aliphatic heterocycles. The van der Waals surface area contributed by atoms with Crippen molar-refractivity contribution in [2.75, 3.05) is 13.7 Å². The van der Waals surface area contributed by atoms with E-state index in [9.17, 15) is 4.79 Å². The molecule has 2 aromatic rings. The summed E-state index contributed by atoms with van der Waals surface area (Å²) in [6.07, 6.45) is 0.0341. The molecule has 0 spiro atoms. The van der Waals surface area contributed by atoms with E-state index in [4.69, 9.17) is 9.47 Å². The lowest BCUT2D eigenvalue weighted by Crippen LogP contribution is -2.21. The second-order valence-electron chi connectivity index (χ2n) is 4.25. The summed E-state index contributed by atoms with van der Waals surface area (Å²) in [5.41, 5.74) is 0. The molecule has 0 aliphatic carbocycles. The minimum atomic E-state index is -0.428. The van der Waals surface area contributed by atoms with Gasteiger partial charge >= 0.3 is 6.09 Å². The number of amides is 1. The molecular formula is C15H16BrNO3S. The third-order valence-corrected chi connectivity index (χ3v) is 4.21. The predicted octanol–water partition coefficient (Wildman–Crippen LogP) is 4.38. The van der Waals surface area contributed by atoms with E-state index in [1.165, 1.54) is 7.05 Å². The minimum absolute atomic E-state index is 0.135. The summed E-state index contributed by atoms with van der Waals surface area (Å²) in [6, 6.07) is 11.7. The third kappa shape index (κ3) is 5.06. The molecule has 0 fully saturated rings. The Balaban J connectivity index is 2.01. The molecule has 1 heterocycles. The fourth-order valence-electron chi connectivity index (χ4n) is 1.77. The highest BCUT2D eigenvalue weighted by molar-refractivity contribution is 9.10. The summed E-state index contributed by atoms with van der Waals surface area (Å²) in [5.74, 6) is 0.780. The predicted molar refractivity (Wildman–Crippen MR) is 86.9 cm³/mol. The molecule has 1 atom stereocenters. The number of carbonyl (C=O) groups excluding carboxylic acids is 1. The number of thiophene rings is 1. The monoisotopic (exact) mass is 369 g/mol. The van der Waals surface area contributed by atoms with E-state index in [1.54, 1.807) is 11.3 Å². The van der Waals surface area contributed by atoms with Gasteiger partial charge in [-0.25, -0.2) is 4.79 Å². The molecule has 0 saturated carbocycles. The Morgan fingerprint density at radius 2 is 2.24 bits per heavy atom. The number of carbonyl (C=O) groups is 1. The number of ether oxygens (including phenoxy) is 2. The van der Waals surface area contributed by atoms with Crippen LogP contribution >= 0.6 is 27.3 Å². The Kier molecular flexibility index (Phi) is 6.07. The smallest absolute Gasteiger partial charge is 0.406 e. The molecule has 6 heteroatoms. The summed E-state index contributed by atoms with van der Waals surface area (Å²) in [4.78, 5) is 12.2. The fraction of sp³-hybridized carbons (Fsp3) is 0.267. The van der Waals surface area contributed by atoms with Crippen LogP contribution in [0.15, 0.2) is 46.3 Å². The maximum Gasteiger partial charge on any atom is 0.406 e. The van der Waals surface area contributed by atoms with E-state index >= 15 is 0 Å². The lowest BCUT2D eigenvalue weighted by Gasteiger charge is -2.18. The number of alkyl carbamates (subject to hydrolysis) is 1. The molecule has 0 bridgehead atoms.